The first kappa shape index (κ1) is 11.1. The van der Waals surface area contributed by atoms with E-state index in [1.807, 2.05) is 11.4 Å². The fourth-order valence-corrected chi connectivity index (χ4v) is 2.60. The van der Waals surface area contributed by atoms with E-state index in [1.165, 1.54) is 25.6 Å². The standard InChI is InChI=1S/C8H11BrO3S/c1-11-8(12-2)6(10)7-5(9)3-4-13-7/h3-4,6,8,10H,1-2H3. The molecule has 1 unspecified atom stereocenters. The summed E-state index contributed by atoms with van der Waals surface area (Å²) in [6, 6.07) is 1.88. The van der Waals surface area contributed by atoms with Gasteiger partial charge in [0.1, 0.15) is 6.10 Å². The van der Waals surface area contributed by atoms with Crippen molar-refractivity contribution < 1.29 is 14.6 Å². The van der Waals surface area contributed by atoms with Crippen LogP contribution in [0.1, 0.15) is 11.0 Å². The van der Waals surface area contributed by atoms with Gasteiger partial charge in [0.2, 0.25) is 0 Å². The summed E-state index contributed by atoms with van der Waals surface area (Å²) >= 11 is 4.79. The summed E-state index contributed by atoms with van der Waals surface area (Å²) in [5.74, 6) is 0. The van der Waals surface area contributed by atoms with Crippen molar-refractivity contribution in [3.8, 4) is 0 Å². The summed E-state index contributed by atoms with van der Waals surface area (Å²) in [4.78, 5) is 0.814. The molecule has 0 amide bonds. The number of rotatable bonds is 4. The van der Waals surface area contributed by atoms with Crippen LogP contribution in [0.5, 0.6) is 0 Å². The molecule has 1 aromatic rings. The Bertz CT molecular complexity index is 260. The average Bonchev–Trinajstić information content (AvgIpc) is 2.53. The second-order valence-electron chi connectivity index (χ2n) is 2.42. The van der Waals surface area contributed by atoms with Crippen molar-refractivity contribution in [2.75, 3.05) is 14.2 Å². The maximum Gasteiger partial charge on any atom is 0.187 e. The molecule has 0 fully saturated rings. The number of methoxy groups -OCH3 is 2. The predicted octanol–water partition coefficient (Wildman–Crippen LogP) is 2.16. The van der Waals surface area contributed by atoms with Gasteiger partial charge in [-0.1, -0.05) is 0 Å². The Morgan fingerprint density at radius 3 is 2.46 bits per heavy atom. The Kier molecular flexibility index (Phi) is 4.34. The van der Waals surface area contributed by atoms with E-state index in [0.717, 1.165) is 9.35 Å². The number of hydrogen-bond donors (Lipinski definition) is 1. The number of aliphatic hydroxyl groups excluding tert-OH is 1. The van der Waals surface area contributed by atoms with E-state index in [2.05, 4.69) is 15.9 Å². The molecule has 0 radical (unpaired) electrons. The highest BCUT2D eigenvalue weighted by Crippen LogP contribution is 2.31. The third kappa shape index (κ3) is 2.51. The molecule has 0 saturated heterocycles. The second-order valence-corrected chi connectivity index (χ2v) is 4.22. The van der Waals surface area contributed by atoms with Crippen molar-refractivity contribution in [2.45, 2.75) is 12.4 Å². The normalized spacial score (nSPS) is 13.6. The van der Waals surface area contributed by atoms with Crippen molar-refractivity contribution in [3.05, 3.63) is 20.8 Å². The Balaban J connectivity index is 2.77. The van der Waals surface area contributed by atoms with Crippen molar-refractivity contribution in [2.24, 2.45) is 0 Å². The summed E-state index contributed by atoms with van der Waals surface area (Å²) in [5, 5.41) is 11.7. The van der Waals surface area contributed by atoms with Crippen molar-refractivity contribution in [1.29, 1.82) is 0 Å². The molecular weight excluding hydrogens is 256 g/mol. The first-order valence-corrected chi connectivity index (χ1v) is 5.34. The SMILES string of the molecule is COC(OC)C(O)c1sccc1Br. The number of aliphatic hydroxyl groups is 1. The molecule has 0 bridgehead atoms. The lowest BCUT2D eigenvalue weighted by atomic mass is 10.3. The smallest absolute Gasteiger partial charge is 0.187 e. The Morgan fingerprint density at radius 2 is 2.08 bits per heavy atom. The van der Waals surface area contributed by atoms with Crippen LogP contribution in [0.3, 0.4) is 0 Å². The first-order valence-electron chi connectivity index (χ1n) is 3.67. The molecule has 0 saturated carbocycles. The third-order valence-corrected chi connectivity index (χ3v) is 3.58. The summed E-state index contributed by atoms with van der Waals surface area (Å²) in [6.45, 7) is 0. The van der Waals surface area contributed by atoms with E-state index < -0.39 is 12.4 Å². The highest BCUT2D eigenvalue weighted by molar-refractivity contribution is 9.10. The maximum absolute atomic E-state index is 9.78. The highest BCUT2D eigenvalue weighted by atomic mass is 79.9. The van der Waals surface area contributed by atoms with Crippen molar-refractivity contribution in [1.82, 2.24) is 0 Å². The maximum atomic E-state index is 9.78. The van der Waals surface area contributed by atoms with Crippen LogP contribution in [0.15, 0.2) is 15.9 Å². The van der Waals surface area contributed by atoms with E-state index in [-0.39, 0.29) is 0 Å². The van der Waals surface area contributed by atoms with Gasteiger partial charge >= 0.3 is 0 Å². The van der Waals surface area contributed by atoms with Crippen molar-refractivity contribution in [3.63, 3.8) is 0 Å². The number of hydrogen-bond acceptors (Lipinski definition) is 4. The first-order chi connectivity index (χ1) is 6.20. The van der Waals surface area contributed by atoms with Gasteiger partial charge in [-0.3, -0.25) is 0 Å². The minimum absolute atomic E-state index is 0.616. The van der Waals surface area contributed by atoms with Crippen LogP contribution in [0.4, 0.5) is 0 Å². The molecule has 1 heterocycles. The van der Waals surface area contributed by atoms with Crippen LogP contribution in [0, 0.1) is 0 Å². The molecule has 74 valence electrons. The lowest BCUT2D eigenvalue weighted by molar-refractivity contribution is -0.165. The Morgan fingerprint density at radius 1 is 1.46 bits per heavy atom. The van der Waals surface area contributed by atoms with E-state index in [9.17, 15) is 5.11 Å². The van der Waals surface area contributed by atoms with Gasteiger partial charge in [0.15, 0.2) is 6.29 Å². The van der Waals surface area contributed by atoms with Crippen LogP contribution in [0.25, 0.3) is 0 Å². The Labute approximate surface area is 89.4 Å². The van der Waals surface area contributed by atoms with E-state index in [4.69, 9.17) is 9.47 Å². The summed E-state index contributed by atoms with van der Waals surface area (Å²) in [6.07, 6.45) is -1.36. The number of thiophene rings is 1. The van der Waals surface area contributed by atoms with Gasteiger partial charge in [-0.05, 0) is 27.4 Å². The minimum atomic E-state index is -0.746. The van der Waals surface area contributed by atoms with Gasteiger partial charge in [-0.2, -0.15) is 0 Å². The molecule has 0 aromatic carbocycles. The monoisotopic (exact) mass is 266 g/mol. The van der Waals surface area contributed by atoms with E-state index >= 15 is 0 Å². The van der Waals surface area contributed by atoms with Gasteiger partial charge in [0.05, 0.1) is 4.88 Å². The lowest BCUT2D eigenvalue weighted by Crippen LogP contribution is -2.22. The Hall–Kier alpha value is 0.0600. The predicted molar refractivity (Wildman–Crippen MR) is 54.8 cm³/mol. The zero-order valence-corrected chi connectivity index (χ0v) is 9.76. The van der Waals surface area contributed by atoms with Crippen molar-refractivity contribution >= 4 is 27.3 Å². The molecule has 1 aromatic heterocycles. The molecule has 1 atom stereocenters. The molecule has 0 aliphatic carbocycles. The fraction of sp³-hybridized carbons (Fsp3) is 0.500. The van der Waals surface area contributed by atoms with Crippen LogP contribution in [-0.4, -0.2) is 25.6 Å². The molecular formula is C8H11BrO3S. The second kappa shape index (κ2) is 5.07. The molecule has 0 aliphatic heterocycles. The van der Waals surface area contributed by atoms with Crippen LogP contribution >= 0.6 is 27.3 Å². The van der Waals surface area contributed by atoms with Gasteiger partial charge in [-0.25, -0.2) is 0 Å². The lowest BCUT2D eigenvalue weighted by Gasteiger charge is -2.19. The summed E-state index contributed by atoms with van der Waals surface area (Å²) in [7, 11) is 3.00. The average molecular weight is 267 g/mol. The van der Waals surface area contributed by atoms with Crippen LogP contribution in [0.2, 0.25) is 0 Å². The van der Waals surface area contributed by atoms with Gasteiger partial charge < -0.3 is 14.6 Å². The van der Waals surface area contributed by atoms with E-state index in [1.54, 1.807) is 0 Å². The quantitative estimate of drug-likeness (QED) is 0.850. The topological polar surface area (TPSA) is 38.7 Å². The van der Waals surface area contributed by atoms with Gasteiger partial charge in [-0.15, -0.1) is 11.3 Å². The van der Waals surface area contributed by atoms with Crippen LogP contribution in [-0.2, 0) is 9.47 Å². The molecule has 1 rings (SSSR count). The molecule has 1 N–H and O–H groups in total. The third-order valence-electron chi connectivity index (χ3n) is 1.64. The molecule has 5 heteroatoms. The molecule has 3 nitrogen and oxygen atoms in total. The fourth-order valence-electron chi connectivity index (χ4n) is 0.994. The summed E-state index contributed by atoms with van der Waals surface area (Å²) in [5.41, 5.74) is 0. The van der Waals surface area contributed by atoms with Gasteiger partial charge in [0.25, 0.3) is 0 Å². The van der Waals surface area contributed by atoms with Crippen LogP contribution < -0.4 is 0 Å². The summed E-state index contributed by atoms with van der Waals surface area (Å²) < 4.78 is 10.8. The molecule has 0 spiro atoms. The molecule has 0 aliphatic rings. The highest BCUT2D eigenvalue weighted by Gasteiger charge is 2.22. The number of ether oxygens (including phenoxy) is 2. The molecule has 13 heavy (non-hydrogen) atoms. The zero-order chi connectivity index (χ0) is 9.84. The zero-order valence-electron chi connectivity index (χ0n) is 7.36. The minimum Gasteiger partial charge on any atom is -0.382 e. The largest absolute Gasteiger partial charge is 0.382 e. The van der Waals surface area contributed by atoms with E-state index in [0.29, 0.717) is 0 Å². The number of halogens is 1. The van der Waals surface area contributed by atoms with Gasteiger partial charge in [0, 0.05) is 18.7 Å².